The average molecular weight is 390 g/mol. The fraction of sp³-hybridized carbons (Fsp3) is 0.217. The molecule has 1 fully saturated rings. The summed E-state index contributed by atoms with van der Waals surface area (Å²) in [5, 5.41) is 3.10. The van der Waals surface area contributed by atoms with Crippen LogP contribution in [0.25, 0.3) is 0 Å². The highest BCUT2D eigenvalue weighted by Crippen LogP contribution is 2.16. The number of amides is 1. The lowest BCUT2D eigenvalue weighted by Crippen LogP contribution is -2.48. The van der Waals surface area contributed by atoms with Crippen molar-refractivity contribution < 1.29 is 9.18 Å². The molecule has 29 heavy (non-hydrogen) atoms. The normalized spacial score (nSPS) is 14.6. The summed E-state index contributed by atoms with van der Waals surface area (Å²) < 4.78 is 13.0. The predicted octanol–water partition coefficient (Wildman–Crippen LogP) is 3.92. The molecular weight excluding hydrogens is 367 g/mol. The van der Waals surface area contributed by atoms with Gasteiger partial charge in [0.05, 0.1) is 5.56 Å². The Kier molecular flexibility index (Phi) is 5.81. The quantitative estimate of drug-likeness (QED) is 0.717. The first-order chi connectivity index (χ1) is 14.2. The van der Waals surface area contributed by atoms with E-state index in [4.69, 9.17) is 0 Å². The molecule has 1 N–H and O–H groups in total. The van der Waals surface area contributed by atoms with E-state index in [0.717, 1.165) is 25.3 Å². The van der Waals surface area contributed by atoms with E-state index in [-0.39, 0.29) is 11.7 Å². The van der Waals surface area contributed by atoms with Gasteiger partial charge in [-0.1, -0.05) is 30.3 Å². The largest absolute Gasteiger partial charge is 0.340 e. The van der Waals surface area contributed by atoms with Crippen molar-refractivity contribution in [3.05, 3.63) is 89.9 Å². The Balaban J connectivity index is 1.31. The maximum absolute atomic E-state index is 13.0. The molecule has 0 bridgehead atoms. The van der Waals surface area contributed by atoms with Crippen LogP contribution in [0, 0.1) is 5.82 Å². The molecule has 0 unspecified atom stereocenters. The minimum absolute atomic E-state index is 0.00481. The van der Waals surface area contributed by atoms with Crippen molar-refractivity contribution in [3.63, 3.8) is 0 Å². The lowest BCUT2D eigenvalue weighted by atomic mass is 10.2. The van der Waals surface area contributed by atoms with Crippen LogP contribution < -0.4 is 5.32 Å². The second-order valence-corrected chi connectivity index (χ2v) is 7.12. The maximum atomic E-state index is 13.0. The molecule has 4 rings (SSSR count). The van der Waals surface area contributed by atoms with Crippen molar-refractivity contribution >= 4 is 17.4 Å². The average Bonchev–Trinajstić information content (AvgIpc) is 2.77. The van der Waals surface area contributed by atoms with Crippen LogP contribution in [0.15, 0.2) is 72.9 Å². The van der Waals surface area contributed by atoms with Crippen molar-refractivity contribution in [3.8, 4) is 0 Å². The van der Waals surface area contributed by atoms with Crippen molar-refractivity contribution in [2.75, 3.05) is 31.5 Å². The van der Waals surface area contributed by atoms with Crippen LogP contribution in [0.2, 0.25) is 0 Å². The molecule has 0 spiro atoms. The van der Waals surface area contributed by atoms with Crippen LogP contribution in [0.5, 0.6) is 0 Å². The number of carbonyl (C=O) groups is 1. The van der Waals surface area contributed by atoms with E-state index in [2.05, 4.69) is 39.5 Å². The van der Waals surface area contributed by atoms with Gasteiger partial charge in [-0.05, 0) is 42.0 Å². The van der Waals surface area contributed by atoms with Gasteiger partial charge in [-0.2, -0.15) is 0 Å². The number of aromatic nitrogens is 1. The van der Waals surface area contributed by atoms with Crippen LogP contribution in [-0.2, 0) is 6.54 Å². The molecule has 5 nitrogen and oxygen atoms in total. The molecular formula is C23H23FN4O. The van der Waals surface area contributed by atoms with E-state index in [1.807, 2.05) is 11.0 Å². The fourth-order valence-electron chi connectivity index (χ4n) is 3.41. The highest BCUT2D eigenvalue weighted by molar-refractivity contribution is 5.94. The van der Waals surface area contributed by atoms with E-state index >= 15 is 0 Å². The third kappa shape index (κ3) is 4.97. The summed E-state index contributed by atoms with van der Waals surface area (Å²) >= 11 is 0. The zero-order chi connectivity index (χ0) is 20.1. The lowest BCUT2D eigenvalue weighted by Gasteiger charge is -2.34. The number of carbonyl (C=O) groups excluding carboxylic acids is 1. The number of nitrogens with one attached hydrogen (secondary N) is 1. The first kappa shape index (κ1) is 19.1. The molecule has 2 aromatic carbocycles. The molecule has 1 aromatic heterocycles. The third-order valence-electron chi connectivity index (χ3n) is 5.04. The standard InChI is InChI=1S/C23H23FN4O/c24-20-7-9-21(10-8-20)26-22-11-6-19(16-25-22)23(29)28-14-12-27(13-15-28)17-18-4-2-1-3-5-18/h1-11,16H,12-15,17H2,(H,25,26). The second-order valence-electron chi connectivity index (χ2n) is 7.12. The summed E-state index contributed by atoms with van der Waals surface area (Å²) in [6.45, 7) is 4.05. The fourth-order valence-corrected chi connectivity index (χ4v) is 3.41. The summed E-state index contributed by atoms with van der Waals surface area (Å²) in [6.07, 6.45) is 1.59. The summed E-state index contributed by atoms with van der Waals surface area (Å²) in [5.41, 5.74) is 2.61. The van der Waals surface area contributed by atoms with E-state index in [9.17, 15) is 9.18 Å². The molecule has 1 aliphatic heterocycles. The lowest BCUT2D eigenvalue weighted by molar-refractivity contribution is 0.0628. The number of hydrogen-bond donors (Lipinski definition) is 1. The highest BCUT2D eigenvalue weighted by Gasteiger charge is 2.22. The minimum Gasteiger partial charge on any atom is -0.340 e. The smallest absolute Gasteiger partial charge is 0.255 e. The van der Waals surface area contributed by atoms with Gasteiger partial charge in [0.2, 0.25) is 0 Å². The van der Waals surface area contributed by atoms with Gasteiger partial charge in [-0.15, -0.1) is 0 Å². The molecule has 1 saturated heterocycles. The van der Waals surface area contributed by atoms with Crippen LogP contribution in [0.1, 0.15) is 15.9 Å². The number of hydrogen-bond acceptors (Lipinski definition) is 4. The van der Waals surface area contributed by atoms with E-state index < -0.39 is 0 Å². The van der Waals surface area contributed by atoms with Gasteiger partial charge < -0.3 is 10.2 Å². The van der Waals surface area contributed by atoms with Gasteiger partial charge in [-0.25, -0.2) is 9.37 Å². The molecule has 0 aliphatic carbocycles. The van der Waals surface area contributed by atoms with Crippen LogP contribution in [0.4, 0.5) is 15.9 Å². The van der Waals surface area contributed by atoms with Gasteiger partial charge in [0, 0.05) is 44.6 Å². The van der Waals surface area contributed by atoms with Gasteiger partial charge in [0.25, 0.3) is 5.91 Å². The van der Waals surface area contributed by atoms with E-state index in [1.54, 1.807) is 30.5 Å². The van der Waals surface area contributed by atoms with E-state index in [0.29, 0.717) is 24.5 Å². The third-order valence-corrected chi connectivity index (χ3v) is 5.04. The van der Waals surface area contributed by atoms with Crippen LogP contribution in [-0.4, -0.2) is 46.9 Å². The number of halogens is 1. The Morgan fingerprint density at radius 3 is 2.31 bits per heavy atom. The number of piperazine rings is 1. The Morgan fingerprint density at radius 2 is 1.66 bits per heavy atom. The van der Waals surface area contributed by atoms with Gasteiger partial charge >= 0.3 is 0 Å². The molecule has 2 heterocycles. The monoisotopic (exact) mass is 390 g/mol. The Labute approximate surface area is 169 Å². The van der Waals surface area contributed by atoms with E-state index in [1.165, 1.54) is 17.7 Å². The van der Waals surface area contributed by atoms with Crippen LogP contribution in [0.3, 0.4) is 0 Å². The zero-order valence-corrected chi connectivity index (χ0v) is 16.1. The van der Waals surface area contributed by atoms with Crippen molar-refractivity contribution in [1.82, 2.24) is 14.8 Å². The number of nitrogens with zero attached hydrogens (tertiary/aromatic N) is 3. The minimum atomic E-state index is -0.284. The Hall–Kier alpha value is -3.25. The van der Waals surface area contributed by atoms with Crippen molar-refractivity contribution in [2.45, 2.75) is 6.54 Å². The predicted molar refractivity (Wildman–Crippen MR) is 112 cm³/mol. The second kappa shape index (κ2) is 8.84. The highest BCUT2D eigenvalue weighted by atomic mass is 19.1. The van der Waals surface area contributed by atoms with Crippen molar-refractivity contribution in [2.24, 2.45) is 0 Å². The Bertz CT molecular complexity index is 937. The molecule has 0 atom stereocenters. The molecule has 1 amide bonds. The number of anilines is 2. The molecule has 148 valence electrons. The topological polar surface area (TPSA) is 48.5 Å². The summed E-state index contributed by atoms with van der Waals surface area (Å²) in [7, 11) is 0. The zero-order valence-electron chi connectivity index (χ0n) is 16.1. The van der Waals surface area contributed by atoms with Gasteiger partial charge in [-0.3, -0.25) is 9.69 Å². The molecule has 1 aliphatic rings. The number of benzene rings is 2. The summed E-state index contributed by atoms with van der Waals surface area (Å²) in [5.74, 6) is 0.333. The molecule has 3 aromatic rings. The maximum Gasteiger partial charge on any atom is 0.255 e. The summed E-state index contributed by atoms with van der Waals surface area (Å²) in [6, 6.07) is 20.0. The summed E-state index contributed by atoms with van der Waals surface area (Å²) in [4.78, 5) is 21.3. The SMILES string of the molecule is O=C(c1ccc(Nc2ccc(F)cc2)nc1)N1CCN(Cc2ccccc2)CC1. The van der Waals surface area contributed by atoms with Gasteiger partial charge in [0.15, 0.2) is 0 Å². The number of rotatable bonds is 5. The van der Waals surface area contributed by atoms with Gasteiger partial charge in [0.1, 0.15) is 11.6 Å². The number of pyridine rings is 1. The first-order valence-electron chi connectivity index (χ1n) is 9.71. The van der Waals surface area contributed by atoms with Crippen LogP contribution >= 0.6 is 0 Å². The first-order valence-corrected chi connectivity index (χ1v) is 9.71. The van der Waals surface area contributed by atoms with Crippen molar-refractivity contribution in [1.29, 1.82) is 0 Å². The molecule has 6 heteroatoms. The molecule has 0 radical (unpaired) electrons. The Morgan fingerprint density at radius 1 is 0.931 bits per heavy atom. The molecule has 0 saturated carbocycles.